The standard InChI is InChI=1S/C11H16N2O/c1-9-7-11(14)13-8-10(9)5-3-4-6-12-2/h3,5,7-8,12H,4,6H2,1-2H3,(H,13,14). The number of pyridine rings is 1. The number of H-pyrrole nitrogens is 1. The van der Waals surface area contributed by atoms with Gasteiger partial charge < -0.3 is 10.3 Å². The van der Waals surface area contributed by atoms with Crippen molar-refractivity contribution in [1.82, 2.24) is 10.3 Å². The van der Waals surface area contributed by atoms with Crippen LogP contribution < -0.4 is 10.9 Å². The summed E-state index contributed by atoms with van der Waals surface area (Å²) in [7, 11) is 1.93. The highest BCUT2D eigenvalue weighted by atomic mass is 16.1. The van der Waals surface area contributed by atoms with E-state index in [1.54, 1.807) is 12.3 Å². The number of hydrogen-bond acceptors (Lipinski definition) is 2. The van der Waals surface area contributed by atoms with Crippen molar-refractivity contribution in [2.24, 2.45) is 0 Å². The molecule has 0 saturated heterocycles. The Morgan fingerprint density at radius 2 is 2.36 bits per heavy atom. The summed E-state index contributed by atoms with van der Waals surface area (Å²) in [5, 5.41) is 3.07. The highest BCUT2D eigenvalue weighted by Crippen LogP contribution is 2.05. The van der Waals surface area contributed by atoms with Gasteiger partial charge in [-0.2, -0.15) is 0 Å². The Bertz CT molecular complexity index is 366. The normalized spacial score (nSPS) is 11.0. The lowest BCUT2D eigenvalue weighted by Crippen LogP contribution is -2.06. The zero-order valence-electron chi connectivity index (χ0n) is 8.63. The molecule has 0 aliphatic heterocycles. The van der Waals surface area contributed by atoms with Crippen LogP contribution in [0, 0.1) is 6.92 Å². The van der Waals surface area contributed by atoms with Crippen LogP contribution in [0.5, 0.6) is 0 Å². The van der Waals surface area contributed by atoms with Crippen molar-refractivity contribution in [3.63, 3.8) is 0 Å². The van der Waals surface area contributed by atoms with Crippen molar-refractivity contribution < 1.29 is 0 Å². The van der Waals surface area contributed by atoms with Gasteiger partial charge in [0.05, 0.1) is 0 Å². The van der Waals surface area contributed by atoms with E-state index < -0.39 is 0 Å². The lowest BCUT2D eigenvalue weighted by Gasteiger charge is -1.98. The van der Waals surface area contributed by atoms with Gasteiger partial charge in [-0.15, -0.1) is 0 Å². The van der Waals surface area contributed by atoms with Gasteiger partial charge in [0.25, 0.3) is 0 Å². The van der Waals surface area contributed by atoms with Gasteiger partial charge in [0.15, 0.2) is 0 Å². The minimum Gasteiger partial charge on any atom is -0.328 e. The molecule has 1 aromatic heterocycles. The molecule has 0 fully saturated rings. The first-order chi connectivity index (χ1) is 6.74. The molecule has 0 atom stereocenters. The van der Waals surface area contributed by atoms with E-state index >= 15 is 0 Å². The topological polar surface area (TPSA) is 44.9 Å². The van der Waals surface area contributed by atoms with Crippen LogP contribution >= 0.6 is 0 Å². The third kappa shape index (κ3) is 3.18. The maximum Gasteiger partial charge on any atom is 0.248 e. The van der Waals surface area contributed by atoms with Crippen molar-refractivity contribution in [2.75, 3.05) is 13.6 Å². The summed E-state index contributed by atoms with van der Waals surface area (Å²) in [4.78, 5) is 13.6. The summed E-state index contributed by atoms with van der Waals surface area (Å²) >= 11 is 0. The second kappa shape index (κ2) is 5.40. The van der Waals surface area contributed by atoms with Crippen LogP contribution in [0.25, 0.3) is 6.08 Å². The number of nitrogens with one attached hydrogen (secondary N) is 2. The second-order valence-corrected chi connectivity index (χ2v) is 3.23. The lowest BCUT2D eigenvalue weighted by atomic mass is 10.1. The van der Waals surface area contributed by atoms with Crippen LogP contribution in [-0.2, 0) is 0 Å². The Kier molecular flexibility index (Phi) is 4.13. The third-order valence-corrected chi connectivity index (χ3v) is 2.03. The molecule has 0 spiro atoms. The van der Waals surface area contributed by atoms with Crippen molar-refractivity contribution in [1.29, 1.82) is 0 Å². The fourth-order valence-corrected chi connectivity index (χ4v) is 1.20. The molecule has 76 valence electrons. The second-order valence-electron chi connectivity index (χ2n) is 3.23. The van der Waals surface area contributed by atoms with Gasteiger partial charge >= 0.3 is 0 Å². The summed E-state index contributed by atoms with van der Waals surface area (Å²) in [5.74, 6) is 0. The fourth-order valence-electron chi connectivity index (χ4n) is 1.20. The molecule has 0 aliphatic carbocycles. The number of rotatable bonds is 4. The minimum atomic E-state index is -0.0464. The van der Waals surface area contributed by atoms with Crippen LogP contribution in [0.2, 0.25) is 0 Å². The van der Waals surface area contributed by atoms with Crippen LogP contribution in [0.15, 0.2) is 23.1 Å². The maximum absolute atomic E-state index is 10.9. The van der Waals surface area contributed by atoms with E-state index in [9.17, 15) is 4.79 Å². The monoisotopic (exact) mass is 192 g/mol. The molecule has 0 saturated carbocycles. The molecule has 0 bridgehead atoms. The van der Waals surface area contributed by atoms with E-state index in [-0.39, 0.29) is 5.56 Å². The van der Waals surface area contributed by atoms with E-state index in [1.807, 2.05) is 20.0 Å². The first-order valence-corrected chi connectivity index (χ1v) is 4.74. The Morgan fingerprint density at radius 3 is 3.00 bits per heavy atom. The first kappa shape index (κ1) is 10.7. The summed E-state index contributed by atoms with van der Waals surface area (Å²) < 4.78 is 0. The lowest BCUT2D eigenvalue weighted by molar-refractivity contribution is 0.809. The minimum absolute atomic E-state index is 0.0464. The fraction of sp³-hybridized carbons (Fsp3) is 0.364. The van der Waals surface area contributed by atoms with Gasteiger partial charge in [0.1, 0.15) is 0 Å². The Balaban J connectivity index is 2.67. The predicted molar refractivity (Wildman–Crippen MR) is 59.4 cm³/mol. The molecule has 3 nitrogen and oxygen atoms in total. The summed E-state index contributed by atoms with van der Waals surface area (Å²) in [6, 6.07) is 1.61. The Labute approximate surface area is 83.9 Å². The molecule has 0 radical (unpaired) electrons. The number of aromatic nitrogens is 1. The summed E-state index contributed by atoms with van der Waals surface area (Å²) in [5.41, 5.74) is 2.03. The third-order valence-electron chi connectivity index (χ3n) is 2.03. The van der Waals surface area contributed by atoms with Crippen molar-refractivity contribution in [3.05, 3.63) is 39.8 Å². The van der Waals surface area contributed by atoms with Crippen LogP contribution in [0.4, 0.5) is 0 Å². The zero-order chi connectivity index (χ0) is 10.4. The molecule has 1 rings (SSSR count). The number of aryl methyl sites for hydroxylation is 1. The molecule has 2 N–H and O–H groups in total. The maximum atomic E-state index is 10.9. The predicted octanol–water partition coefficient (Wildman–Crippen LogP) is 1.31. The SMILES string of the molecule is CNCCC=Cc1c[nH]c(=O)cc1C. The van der Waals surface area contributed by atoms with E-state index in [0.717, 1.165) is 24.1 Å². The van der Waals surface area contributed by atoms with Gasteiger partial charge in [-0.3, -0.25) is 4.79 Å². The molecule has 0 amide bonds. The highest BCUT2D eigenvalue weighted by molar-refractivity contribution is 5.51. The van der Waals surface area contributed by atoms with E-state index in [4.69, 9.17) is 0 Å². The molecule has 0 aliphatic rings. The quantitative estimate of drug-likeness (QED) is 0.706. The molecule has 1 heterocycles. The first-order valence-electron chi connectivity index (χ1n) is 4.74. The van der Waals surface area contributed by atoms with Gasteiger partial charge in [0, 0.05) is 12.3 Å². The largest absolute Gasteiger partial charge is 0.328 e. The van der Waals surface area contributed by atoms with Crippen molar-refractivity contribution in [3.8, 4) is 0 Å². The van der Waals surface area contributed by atoms with Crippen LogP contribution in [-0.4, -0.2) is 18.6 Å². The van der Waals surface area contributed by atoms with Crippen molar-refractivity contribution >= 4 is 6.08 Å². The molecular formula is C11H16N2O. The molecule has 0 aromatic carbocycles. The van der Waals surface area contributed by atoms with E-state index in [2.05, 4.69) is 16.4 Å². The zero-order valence-corrected chi connectivity index (χ0v) is 8.63. The smallest absolute Gasteiger partial charge is 0.248 e. The summed E-state index contributed by atoms with van der Waals surface area (Å²) in [6.45, 7) is 2.91. The summed E-state index contributed by atoms with van der Waals surface area (Å²) in [6.07, 6.45) is 6.86. The van der Waals surface area contributed by atoms with Gasteiger partial charge in [-0.1, -0.05) is 12.2 Å². The van der Waals surface area contributed by atoms with Gasteiger partial charge in [-0.25, -0.2) is 0 Å². The molecule has 3 heteroatoms. The Morgan fingerprint density at radius 1 is 1.57 bits per heavy atom. The van der Waals surface area contributed by atoms with Crippen molar-refractivity contribution in [2.45, 2.75) is 13.3 Å². The van der Waals surface area contributed by atoms with Gasteiger partial charge in [0.2, 0.25) is 5.56 Å². The van der Waals surface area contributed by atoms with E-state index in [0.29, 0.717) is 0 Å². The average Bonchev–Trinajstić information content (AvgIpc) is 2.15. The van der Waals surface area contributed by atoms with Crippen LogP contribution in [0.1, 0.15) is 17.5 Å². The molecule has 0 unspecified atom stereocenters. The molecule has 14 heavy (non-hydrogen) atoms. The Hall–Kier alpha value is -1.35. The molecular weight excluding hydrogens is 176 g/mol. The number of hydrogen-bond donors (Lipinski definition) is 2. The highest BCUT2D eigenvalue weighted by Gasteiger charge is 1.93. The van der Waals surface area contributed by atoms with E-state index in [1.165, 1.54) is 0 Å². The average molecular weight is 192 g/mol. The van der Waals surface area contributed by atoms with Crippen LogP contribution in [0.3, 0.4) is 0 Å². The van der Waals surface area contributed by atoms with Gasteiger partial charge in [-0.05, 0) is 38.1 Å². The molecule has 1 aromatic rings. The number of aromatic amines is 1.